The average molecular weight is 344 g/mol. The van der Waals surface area contributed by atoms with E-state index >= 15 is 0 Å². The van der Waals surface area contributed by atoms with Crippen LogP contribution in [0.1, 0.15) is 31.2 Å². The highest BCUT2D eigenvalue weighted by Crippen LogP contribution is 2.31. The van der Waals surface area contributed by atoms with Gasteiger partial charge in [-0.2, -0.15) is 4.98 Å². The van der Waals surface area contributed by atoms with Gasteiger partial charge in [0.25, 0.3) is 0 Å². The number of benzene rings is 1. The standard InChI is InChI=1S/C13H12BrF2N3O/c14-10-7(4-5-8(15)11(10)16)12-18-13(20-19-12)9-3-1-2-6-17-9/h4-5,9,17H,1-3,6H2. The van der Waals surface area contributed by atoms with E-state index < -0.39 is 11.6 Å². The molecule has 0 amide bonds. The number of nitrogens with one attached hydrogen (secondary N) is 1. The van der Waals surface area contributed by atoms with Gasteiger partial charge in [0.2, 0.25) is 11.7 Å². The molecular formula is C13H12BrF2N3O. The van der Waals surface area contributed by atoms with Crippen molar-refractivity contribution in [1.82, 2.24) is 15.5 Å². The molecule has 1 aliphatic rings. The van der Waals surface area contributed by atoms with Crippen LogP contribution in [0.4, 0.5) is 8.78 Å². The number of hydrogen-bond donors (Lipinski definition) is 1. The number of nitrogens with zero attached hydrogens (tertiary/aromatic N) is 2. The third-order valence-electron chi connectivity index (χ3n) is 3.33. The molecule has 0 aliphatic carbocycles. The third kappa shape index (κ3) is 2.47. The number of hydrogen-bond acceptors (Lipinski definition) is 4. The minimum absolute atomic E-state index is 0.00135. The van der Waals surface area contributed by atoms with E-state index in [2.05, 4.69) is 31.4 Å². The summed E-state index contributed by atoms with van der Waals surface area (Å²) < 4.78 is 31.8. The number of aromatic nitrogens is 2. The molecule has 1 atom stereocenters. The quantitative estimate of drug-likeness (QED) is 0.846. The van der Waals surface area contributed by atoms with Crippen molar-refractivity contribution in [2.45, 2.75) is 25.3 Å². The second-order valence-electron chi connectivity index (χ2n) is 4.68. The molecule has 4 nitrogen and oxygen atoms in total. The Morgan fingerprint density at radius 2 is 2.15 bits per heavy atom. The highest BCUT2D eigenvalue weighted by Gasteiger charge is 2.23. The predicted octanol–water partition coefficient (Wildman–Crippen LogP) is 3.59. The molecule has 7 heteroatoms. The lowest BCUT2D eigenvalue weighted by Gasteiger charge is -2.19. The Labute approximate surface area is 122 Å². The molecule has 2 heterocycles. The molecule has 0 bridgehead atoms. The largest absolute Gasteiger partial charge is 0.337 e. The molecule has 1 unspecified atom stereocenters. The maximum Gasteiger partial charge on any atom is 0.244 e. The van der Waals surface area contributed by atoms with Gasteiger partial charge in [0.1, 0.15) is 0 Å². The summed E-state index contributed by atoms with van der Waals surface area (Å²) in [4.78, 5) is 4.28. The van der Waals surface area contributed by atoms with Gasteiger partial charge in [0.05, 0.1) is 10.5 Å². The summed E-state index contributed by atoms with van der Waals surface area (Å²) in [7, 11) is 0. The fourth-order valence-electron chi connectivity index (χ4n) is 2.25. The molecule has 2 aromatic rings. The SMILES string of the molecule is Fc1ccc(-c2noc(C3CCCCN3)n2)c(Br)c1F. The van der Waals surface area contributed by atoms with E-state index in [0.29, 0.717) is 11.5 Å². The summed E-state index contributed by atoms with van der Waals surface area (Å²) in [5, 5.41) is 7.14. The van der Waals surface area contributed by atoms with Gasteiger partial charge in [-0.3, -0.25) is 0 Å². The smallest absolute Gasteiger partial charge is 0.244 e. The van der Waals surface area contributed by atoms with Crippen LogP contribution in [-0.2, 0) is 0 Å². The van der Waals surface area contributed by atoms with Gasteiger partial charge in [-0.25, -0.2) is 8.78 Å². The summed E-state index contributed by atoms with van der Waals surface area (Å²) in [5.74, 6) is -1.14. The zero-order valence-electron chi connectivity index (χ0n) is 10.5. The highest BCUT2D eigenvalue weighted by molar-refractivity contribution is 9.10. The van der Waals surface area contributed by atoms with Crippen molar-refractivity contribution >= 4 is 15.9 Å². The van der Waals surface area contributed by atoms with Crippen molar-refractivity contribution in [2.24, 2.45) is 0 Å². The second kappa shape index (κ2) is 5.57. The Hall–Kier alpha value is -1.34. The monoisotopic (exact) mass is 343 g/mol. The Morgan fingerprint density at radius 3 is 2.90 bits per heavy atom. The van der Waals surface area contributed by atoms with Gasteiger partial charge in [-0.05, 0) is 47.4 Å². The van der Waals surface area contributed by atoms with Crippen LogP contribution in [0.25, 0.3) is 11.4 Å². The van der Waals surface area contributed by atoms with E-state index in [1.807, 2.05) is 0 Å². The van der Waals surface area contributed by atoms with Crippen molar-refractivity contribution in [3.05, 3.63) is 34.1 Å². The summed E-state index contributed by atoms with van der Waals surface area (Å²) in [5.41, 5.74) is 0.370. The van der Waals surface area contributed by atoms with Crippen LogP contribution in [0.5, 0.6) is 0 Å². The van der Waals surface area contributed by atoms with Crippen LogP contribution >= 0.6 is 15.9 Å². The molecule has 106 valence electrons. The van der Waals surface area contributed by atoms with Crippen LogP contribution in [0, 0.1) is 11.6 Å². The zero-order valence-corrected chi connectivity index (χ0v) is 12.1. The Bertz CT molecular complexity index is 626. The fraction of sp³-hybridized carbons (Fsp3) is 0.385. The van der Waals surface area contributed by atoms with Crippen molar-refractivity contribution in [3.63, 3.8) is 0 Å². The minimum Gasteiger partial charge on any atom is -0.337 e. The molecule has 0 saturated carbocycles. The lowest BCUT2D eigenvalue weighted by atomic mass is 10.1. The minimum atomic E-state index is -0.954. The van der Waals surface area contributed by atoms with Gasteiger partial charge in [-0.1, -0.05) is 11.6 Å². The summed E-state index contributed by atoms with van der Waals surface area (Å²) in [6.07, 6.45) is 3.16. The first-order valence-corrected chi connectivity index (χ1v) is 7.17. The first-order chi connectivity index (χ1) is 9.66. The molecule has 20 heavy (non-hydrogen) atoms. The summed E-state index contributed by atoms with van der Waals surface area (Å²) in [6, 6.07) is 2.50. The Balaban J connectivity index is 1.92. The molecule has 1 aromatic carbocycles. The molecule has 3 rings (SSSR count). The molecule has 1 aliphatic heterocycles. The van der Waals surface area contributed by atoms with Crippen LogP contribution in [0.3, 0.4) is 0 Å². The van der Waals surface area contributed by atoms with E-state index in [9.17, 15) is 8.78 Å². The van der Waals surface area contributed by atoms with Gasteiger partial charge in [0.15, 0.2) is 11.6 Å². The molecule has 0 radical (unpaired) electrons. The van der Waals surface area contributed by atoms with Crippen molar-refractivity contribution in [3.8, 4) is 11.4 Å². The van der Waals surface area contributed by atoms with Crippen LogP contribution < -0.4 is 5.32 Å². The van der Waals surface area contributed by atoms with Crippen LogP contribution in [0.15, 0.2) is 21.1 Å². The van der Waals surface area contributed by atoms with Crippen molar-refractivity contribution in [2.75, 3.05) is 6.54 Å². The maximum atomic E-state index is 13.5. The summed E-state index contributed by atoms with van der Waals surface area (Å²) in [6.45, 7) is 0.914. The zero-order chi connectivity index (χ0) is 14.1. The average Bonchev–Trinajstić information content (AvgIpc) is 2.95. The van der Waals surface area contributed by atoms with Gasteiger partial charge >= 0.3 is 0 Å². The number of halogens is 3. The second-order valence-corrected chi connectivity index (χ2v) is 5.47. The Morgan fingerprint density at radius 1 is 1.30 bits per heavy atom. The van der Waals surface area contributed by atoms with Gasteiger partial charge in [-0.15, -0.1) is 0 Å². The van der Waals surface area contributed by atoms with E-state index in [-0.39, 0.29) is 16.3 Å². The van der Waals surface area contributed by atoms with Gasteiger partial charge in [0, 0.05) is 5.56 Å². The normalized spacial score (nSPS) is 19.2. The Kier molecular flexibility index (Phi) is 3.80. The third-order valence-corrected chi connectivity index (χ3v) is 4.10. The van der Waals surface area contributed by atoms with Crippen molar-refractivity contribution < 1.29 is 13.3 Å². The molecule has 1 aromatic heterocycles. The summed E-state index contributed by atoms with van der Waals surface area (Å²) >= 11 is 3.02. The highest BCUT2D eigenvalue weighted by atomic mass is 79.9. The maximum absolute atomic E-state index is 13.5. The first kappa shape index (κ1) is 13.6. The molecule has 1 saturated heterocycles. The predicted molar refractivity (Wildman–Crippen MR) is 71.9 cm³/mol. The van der Waals surface area contributed by atoms with E-state index in [1.165, 1.54) is 6.07 Å². The fourth-order valence-corrected chi connectivity index (χ4v) is 2.75. The lowest BCUT2D eigenvalue weighted by molar-refractivity contribution is 0.297. The first-order valence-electron chi connectivity index (χ1n) is 6.37. The number of rotatable bonds is 2. The lowest BCUT2D eigenvalue weighted by Crippen LogP contribution is -2.26. The van der Waals surface area contributed by atoms with E-state index in [0.717, 1.165) is 31.9 Å². The van der Waals surface area contributed by atoms with E-state index in [1.54, 1.807) is 0 Å². The number of piperidine rings is 1. The topological polar surface area (TPSA) is 51.0 Å². The van der Waals surface area contributed by atoms with Crippen molar-refractivity contribution in [1.29, 1.82) is 0 Å². The molecule has 1 N–H and O–H groups in total. The molecular weight excluding hydrogens is 332 g/mol. The molecule has 1 fully saturated rings. The van der Waals surface area contributed by atoms with Gasteiger partial charge < -0.3 is 9.84 Å². The molecule has 0 spiro atoms. The van der Waals surface area contributed by atoms with E-state index in [4.69, 9.17) is 4.52 Å². The van der Waals surface area contributed by atoms with Crippen LogP contribution in [0.2, 0.25) is 0 Å². The van der Waals surface area contributed by atoms with Crippen LogP contribution in [-0.4, -0.2) is 16.7 Å².